The highest BCUT2D eigenvalue weighted by atomic mass is 79.9. The molecule has 1 aromatic heterocycles. The first-order valence-corrected chi connectivity index (χ1v) is 7.57. The Hall–Kier alpha value is -0.970. The van der Waals surface area contributed by atoms with E-state index in [9.17, 15) is 4.79 Å². The minimum Gasteiger partial charge on any atom is -0.335 e. The normalized spacial score (nSPS) is 16.5. The molecule has 0 radical (unpaired) electrons. The van der Waals surface area contributed by atoms with Gasteiger partial charge in [-0.15, -0.1) is 0 Å². The Bertz CT molecular complexity index is 379. The van der Waals surface area contributed by atoms with Crippen LogP contribution >= 0.6 is 15.9 Å². The summed E-state index contributed by atoms with van der Waals surface area (Å²) in [5.74, 6) is 0.0574. The van der Waals surface area contributed by atoms with Crippen molar-refractivity contribution in [1.29, 1.82) is 0 Å². The number of aromatic nitrogens is 2. The van der Waals surface area contributed by atoms with Gasteiger partial charge in [-0.3, -0.25) is 4.79 Å². The van der Waals surface area contributed by atoms with E-state index in [0.717, 1.165) is 24.7 Å². The van der Waals surface area contributed by atoms with Gasteiger partial charge in [0.25, 0.3) is 5.91 Å². The maximum atomic E-state index is 12.5. The molecule has 1 fully saturated rings. The van der Waals surface area contributed by atoms with Crippen LogP contribution in [0.2, 0.25) is 0 Å². The molecule has 1 aliphatic rings. The van der Waals surface area contributed by atoms with Gasteiger partial charge in [0.15, 0.2) is 0 Å². The summed E-state index contributed by atoms with van der Waals surface area (Å²) < 4.78 is 0. The summed E-state index contributed by atoms with van der Waals surface area (Å²) in [5.41, 5.74) is 0.587. The Balaban J connectivity index is 2.11. The molecule has 1 heterocycles. The Morgan fingerprint density at radius 2 is 1.94 bits per heavy atom. The quantitative estimate of drug-likeness (QED) is 0.803. The zero-order chi connectivity index (χ0) is 12.8. The molecule has 98 valence electrons. The summed E-state index contributed by atoms with van der Waals surface area (Å²) in [6, 6.07) is 0.379. The zero-order valence-corrected chi connectivity index (χ0v) is 12.0. The minimum absolute atomic E-state index is 0.0574. The number of amides is 1. The van der Waals surface area contributed by atoms with Crippen LogP contribution in [0.25, 0.3) is 0 Å². The number of nitrogens with zero attached hydrogens (tertiary/aromatic N) is 3. The molecule has 0 spiro atoms. The van der Waals surface area contributed by atoms with E-state index in [4.69, 9.17) is 0 Å². The highest BCUT2D eigenvalue weighted by Gasteiger charge is 2.25. The molecule has 0 saturated heterocycles. The monoisotopic (exact) mass is 311 g/mol. The third kappa shape index (κ3) is 3.28. The van der Waals surface area contributed by atoms with E-state index in [1.807, 2.05) is 4.90 Å². The van der Waals surface area contributed by atoms with Crippen LogP contribution in [0.15, 0.2) is 18.7 Å². The number of alkyl halides is 1. The molecule has 2 rings (SSSR count). The Morgan fingerprint density at radius 3 is 2.56 bits per heavy atom. The Labute approximate surface area is 116 Å². The van der Waals surface area contributed by atoms with Crippen molar-refractivity contribution in [3.8, 4) is 0 Å². The molecule has 0 N–H and O–H groups in total. The van der Waals surface area contributed by atoms with E-state index >= 15 is 0 Å². The lowest BCUT2D eigenvalue weighted by atomic mass is 9.94. The smallest absolute Gasteiger partial charge is 0.257 e. The largest absolute Gasteiger partial charge is 0.335 e. The van der Waals surface area contributed by atoms with Crippen LogP contribution in [0, 0.1) is 0 Å². The predicted molar refractivity (Wildman–Crippen MR) is 73.7 cm³/mol. The minimum atomic E-state index is 0.0574. The zero-order valence-electron chi connectivity index (χ0n) is 10.4. The second-order valence-electron chi connectivity index (χ2n) is 4.61. The van der Waals surface area contributed by atoms with Gasteiger partial charge in [0, 0.05) is 30.3 Å². The van der Waals surface area contributed by atoms with Crippen LogP contribution in [-0.4, -0.2) is 38.7 Å². The van der Waals surface area contributed by atoms with Crippen molar-refractivity contribution in [3.63, 3.8) is 0 Å². The molecular weight excluding hydrogens is 294 g/mol. The molecule has 5 heteroatoms. The van der Waals surface area contributed by atoms with Crippen molar-refractivity contribution in [2.24, 2.45) is 0 Å². The molecule has 0 aromatic carbocycles. The summed E-state index contributed by atoms with van der Waals surface area (Å²) in [7, 11) is 0. The van der Waals surface area contributed by atoms with Crippen molar-refractivity contribution in [3.05, 3.63) is 24.3 Å². The first kappa shape index (κ1) is 13.5. The summed E-state index contributed by atoms with van der Waals surface area (Å²) in [6.45, 7) is 0.748. The van der Waals surface area contributed by atoms with Crippen LogP contribution in [-0.2, 0) is 0 Å². The molecule has 0 atom stereocenters. The topological polar surface area (TPSA) is 46.1 Å². The standard InChI is InChI=1S/C13H18BrN3O/c14-6-7-17(12-4-2-1-3-5-12)13(18)11-8-15-10-16-9-11/h8-10,12H,1-7H2. The first-order chi connectivity index (χ1) is 8.83. The fraction of sp³-hybridized carbons (Fsp3) is 0.615. The number of carbonyl (C=O) groups excluding carboxylic acids is 1. The van der Waals surface area contributed by atoms with Crippen molar-refractivity contribution in [2.45, 2.75) is 38.1 Å². The number of carbonyl (C=O) groups is 1. The summed E-state index contributed by atoms with van der Waals surface area (Å²) >= 11 is 3.43. The average molecular weight is 312 g/mol. The number of hydrogen-bond acceptors (Lipinski definition) is 3. The van der Waals surface area contributed by atoms with E-state index in [0.29, 0.717) is 11.6 Å². The van der Waals surface area contributed by atoms with Gasteiger partial charge in [-0.05, 0) is 12.8 Å². The second-order valence-corrected chi connectivity index (χ2v) is 5.40. The third-order valence-electron chi connectivity index (χ3n) is 3.41. The highest BCUT2D eigenvalue weighted by molar-refractivity contribution is 9.09. The van der Waals surface area contributed by atoms with E-state index in [-0.39, 0.29) is 5.91 Å². The summed E-state index contributed by atoms with van der Waals surface area (Å²) in [4.78, 5) is 22.3. The molecule has 0 bridgehead atoms. The predicted octanol–water partition coefficient (Wildman–Crippen LogP) is 2.65. The van der Waals surface area contributed by atoms with Gasteiger partial charge < -0.3 is 4.90 Å². The Morgan fingerprint density at radius 1 is 1.28 bits per heavy atom. The second kappa shape index (κ2) is 6.83. The highest BCUT2D eigenvalue weighted by Crippen LogP contribution is 2.23. The number of rotatable bonds is 4. The van der Waals surface area contributed by atoms with E-state index in [1.54, 1.807) is 12.4 Å². The molecule has 0 unspecified atom stereocenters. The van der Waals surface area contributed by atoms with Gasteiger partial charge in [-0.2, -0.15) is 0 Å². The average Bonchev–Trinajstić information content (AvgIpc) is 2.46. The lowest BCUT2D eigenvalue weighted by Crippen LogP contribution is -2.42. The molecule has 1 aromatic rings. The van der Waals surface area contributed by atoms with E-state index < -0.39 is 0 Å². The van der Waals surface area contributed by atoms with E-state index in [2.05, 4.69) is 25.9 Å². The van der Waals surface area contributed by atoms with Crippen LogP contribution < -0.4 is 0 Å². The van der Waals surface area contributed by atoms with Crippen molar-refractivity contribution in [2.75, 3.05) is 11.9 Å². The van der Waals surface area contributed by atoms with Crippen LogP contribution in [0.3, 0.4) is 0 Å². The number of hydrogen-bond donors (Lipinski definition) is 0. The first-order valence-electron chi connectivity index (χ1n) is 6.45. The summed E-state index contributed by atoms with van der Waals surface area (Å²) in [5, 5.41) is 0.808. The van der Waals surface area contributed by atoms with Crippen molar-refractivity contribution >= 4 is 21.8 Å². The molecule has 1 aliphatic carbocycles. The van der Waals surface area contributed by atoms with Gasteiger partial charge in [-0.25, -0.2) is 9.97 Å². The van der Waals surface area contributed by atoms with Gasteiger partial charge in [-0.1, -0.05) is 35.2 Å². The van der Waals surface area contributed by atoms with Gasteiger partial charge >= 0.3 is 0 Å². The number of halogens is 1. The molecule has 18 heavy (non-hydrogen) atoms. The molecular formula is C13H18BrN3O. The maximum Gasteiger partial charge on any atom is 0.257 e. The molecule has 0 aliphatic heterocycles. The van der Waals surface area contributed by atoms with E-state index in [1.165, 1.54) is 25.6 Å². The van der Waals surface area contributed by atoms with Crippen LogP contribution in [0.5, 0.6) is 0 Å². The fourth-order valence-corrected chi connectivity index (χ4v) is 2.89. The van der Waals surface area contributed by atoms with Crippen LogP contribution in [0.1, 0.15) is 42.5 Å². The fourth-order valence-electron chi connectivity index (χ4n) is 2.51. The van der Waals surface area contributed by atoms with Crippen LogP contribution in [0.4, 0.5) is 0 Å². The van der Waals surface area contributed by atoms with Crippen molar-refractivity contribution in [1.82, 2.24) is 14.9 Å². The lowest BCUT2D eigenvalue weighted by molar-refractivity contribution is 0.0650. The Kier molecular flexibility index (Phi) is 5.11. The summed E-state index contributed by atoms with van der Waals surface area (Å²) in [6.07, 6.45) is 10.6. The van der Waals surface area contributed by atoms with Gasteiger partial charge in [0.1, 0.15) is 6.33 Å². The van der Waals surface area contributed by atoms with Crippen molar-refractivity contribution < 1.29 is 4.79 Å². The molecule has 4 nitrogen and oxygen atoms in total. The van der Waals surface area contributed by atoms with Gasteiger partial charge in [0.2, 0.25) is 0 Å². The third-order valence-corrected chi connectivity index (χ3v) is 3.76. The molecule has 1 saturated carbocycles. The lowest BCUT2D eigenvalue weighted by Gasteiger charge is -2.34. The maximum absolute atomic E-state index is 12.5. The van der Waals surface area contributed by atoms with Gasteiger partial charge in [0.05, 0.1) is 5.56 Å². The molecule has 1 amide bonds. The SMILES string of the molecule is O=C(c1cncnc1)N(CCBr)C1CCCCC1.